The van der Waals surface area contributed by atoms with Crippen molar-refractivity contribution in [2.24, 2.45) is 5.92 Å². The Morgan fingerprint density at radius 2 is 2.23 bits per heavy atom. The second-order valence-electron chi connectivity index (χ2n) is 4.27. The molecule has 1 heterocycles. The predicted molar refractivity (Wildman–Crippen MR) is 55.9 cm³/mol. The van der Waals surface area contributed by atoms with E-state index in [4.69, 9.17) is 4.74 Å². The molecule has 2 heteroatoms. The summed E-state index contributed by atoms with van der Waals surface area (Å²) in [6, 6.07) is 0.778. The number of ether oxygens (including phenoxy) is 1. The lowest BCUT2D eigenvalue weighted by atomic mass is 9.91. The summed E-state index contributed by atoms with van der Waals surface area (Å²) in [5.74, 6) is 0.925. The topological polar surface area (TPSA) is 21.3 Å². The van der Waals surface area contributed by atoms with Crippen LogP contribution in [0.15, 0.2) is 0 Å². The van der Waals surface area contributed by atoms with Gasteiger partial charge in [0.05, 0.1) is 0 Å². The lowest BCUT2D eigenvalue weighted by Crippen LogP contribution is -2.37. The van der Waals surface area contributed by atoms with Gasteiger partial charge in [-0.05, 0) is 44.6 Å². The summed E-state index contributed by atoms with van der Waals surface area (Å²) in [5.41, 5.74) is 0. The van der Waals surface area contributed by atoms with Gasteiger partial charge in [-0.2, -0.15) is 0 Å². The van der Waals surface area contributed by atoms with Crippen molar-refractivity contribution in [2.45, 2.75) is 45.1 Å². The molecule has 1 aliphatic heterocycles. The van der Waals surface area contributed by atoms with Gasteiger partial charge in [-0.1, -0.05) is 6.92 Å². The minimum absolute atomic E-state index is 0.778. The molecule has 78 valence electrons. The molecule has 0 aromatic carbocycles. The third kappa shape index (κ3) is 4.63. The Bertz CT molecular complexity index is 127. The third-order valence-electron chi connectivity index (χ3n) is 2.91. The Morgan fingerprint density at radius 3 is 2.92 bits per heavy atom. The van der Waals surface area contributed by atoms with E-state index in [0.29, 0.717) is 0 Å². The van der Waals surface area contributed by atoms with Crippen LogP contribution in [0.4, 0.5) is 0 Å². The Kier molecular flexibility index (Phi) is 5.40. The Balaban J connectivity index is 2.00. The van der Waals surface area contributed by atoms with Crippen molar-refractivity contribution in [2.75, 3.05) is 20.3 Å². The van der Waals surface area contributed by atoms with Crippen LogP contribution in [0.5, 0.6) is 0 Å². The molecule has 0 aromatic rings. The molecule has 2 atom stereocenters. The molecule has 1 saturated heterocycles. The van der Waals surface area contributed by atoms with E-state index in [1.807, 2.05) is 0 Å². The molecule has 1 N–H and O–H groups in total. The molecular formula is C11H23NO. The fraction of sp³-hybridized carbons (Fsp3) is 1.00. The molecule has 13 heavy (non-hydrogen) atoms. The summed E-state index contributed by atoms with van der Waals surface area (Å²) < 4.78 is 5.03. The van der Waals surface area contributed by atoms with Gasteiger partial charge >= 0.3 is 0 Å². The predicted octanol–water partition coefficient (Wildman–Crippen LogP) is 2.19. The average molecular weight is 185 g/mol. The largest absolute Gasteiger partial charge is 0.385 e. The molecule has 0 aliphatic carbocycles. The van der Waals surface area contributed by atoms with E-state index in [1.54, 1.807) is 7.11 Å². The maximum atomic E-state index is 5.03. The fourth-order valence-electron chi connectivity index (χ4n) is 2.08. The molecule has 0 bridgehead atoms. The van der Waals surface area contributed by atoms with Crippen LogP contribution in [0.2, 0.25) is 0 Å². The van der Waals surface area contributed by atoms with E-state index in [9.17, 15) is 0 Å². The van der Waals surface area contributed by atoms with E-state index in [2.05, 4.69) is 12.2 Å². The normalized spacial score (nSPS) is 29.1. The molecule has 0 spiro atoms. The van der Waals surface area contributed by atoms with E-state index in [1.165, 1.54) is 38.6 Å². The van der Waals surface area contributed by atoms with Gasteiger partial charge in [0.25, 0.3) is 0 Å². The lowest BCUT2D eigenvalue weighted by Gasteiger charge is -2.28. The van der Waals surface area contributed by atoms with Crippen LogP contribution in [0.1, 0.15) is 39.0 Å². The SMILES string of the molecule is COCCCCC1CC(C)CCN1. The smallest absolute Gasteiger partial charge is 0.0462 e. The molecule has 1 fully saturated rings. The van der Waals surface area contributed by atoms with Crippen molar-refractivity contribution in [1.29, 1.82) is 0 Å². The van der Waals surface area contributed by atoms with Crippen molar-refractivity contribution in [3.8, 4) is 0 Å². The summed E-state index contributed by atoms with van der Waals surface area (Å²) in [7, 11) is 1.78. The van der Waals surface area contributed by atoms with E-state index in [-0.39, 0.29) is 0 Å². The molecule has 0 saturated carbocycles. The van der Waals surface area contributed by atoms with Crippen LogP contribution in [0.25, 0.3) is 0 Å². The molecule has 1 aliphatic rings. The number of unbranched alkanes of at least 4 members (excludes halogenated alkanes) is 1. The Hall–Kier alpha value is -0.0800. The van der Waals surface area contributed by atoms with Crippen molar-refractivity contribution < 1.29 is 4.74 Å². The van der Waals surface area contributed by atoms with Gasteiger partial charge in [0, 0.05) is 19.8 Å². The van der Waals surface area contributed by atoms with Crippen LogP contribution < -0.4 is 5.32 Å². The molecule has 2 unspecified atom stereocenters. The second kappa shape index (κ2) is 6.39. The summed E-state index contributed by atoms with van der Waals surface area (Å²) in [6.07, 6.45) is 6.57. The van der Waals surface area contributed by atoms with Crippen LogP contribution in [0, 0.1) is 5.92 Å². The second-order valence-corrected chi connectivity index (χ2v) is 4.27. The first-order valence-corrected chi connectivity index (χ1v) is 5.55. The highest BCUT2D eigenvalue weighted by atomic mass is 16.5. The Morgan fingerprint density at radius 1 is 1.38 bits per heavy atom. The first-order valence-electron chi connectivity index (χ1n) is 5.55. The molecular weight excluding hydrogens is 162 g/mol. The molecule has 0 radical (unpaired) electrons. The Labute approximate surface area is 82.0 Å². The molecule has 2 nitrogen and oxygen atoms in total. The average Bonchev–Trinajstić information content (AvgIpc) is 2.13. The summed E-state index contributed by atoms with van der Waals surface area (Å²) in [4.78, 5) is 0. The monoisotopic (exact) mass is 185 g/mol. The molecule has 0 amide bonds. The number of rotatable bonds is 5. The van der Waals surface area contributed by atoms with E-state index < -0.39 is 0 Å². The van der Waals surface area contributed by atoms with Crippen molar-refractivity contribution >= 4 is 0 Å². The van der Waals surface area contributed by atoms with E-state index in [0.717, 1.165) is 18.6 Å². The highest BCUT2D eigenvalue weighted by molar-refractivity contribution is 4.75. The number of nitrogens with one attached hydrogen (secondary N) is 1. The maximum absolute atomic E-state index is 5.03. The number of hydrogen-bond donors (Lipinski definition) is 1. The zero-order valence-corrected chi connectivity index (χ0v) is 9.01. The van der Waals surface area contributed by atoms with Crippen LogP contribution in [-0.4, -0.2) is 26.3 Å². The number of piperidine rings is 1. The number of hydrogen-bond acceptors (Lipinski definition) is 2. The van der Waals surface area contributed by atoms with Gasteiger partial charge < -0.3 is 10.1 Å². The summed E-state index contributed by atoms with van der Waals surface area (Å²) in [6.45, 7) is 4.50. The van der Waals surface area contributed by atoms with Crippen molar-refractivity contribution in [3.05, 3.63) is 0 Å². The van der Waals surface area contributed by atoms with Crippen LogP contribution in [-0.2, 0) is 4.74 Å². The minimum Gasteiger partial charge on any atom is -0.385 e. The fourth-order valence-corrected chi connectivity index (χ4v) is 2.08. The van der Waals surface area contributed by atoms with Gasteiger partial charge in [-0.15, -0.1) is 0 Å². The zero-order valence-electron chi connectivity index (χ0n) is 9.01. The van der Waals surface area contributed by atoms with Crippen molar-refractivity contribution in [1.82, 2.24) is 5.32 Å². The zero-order chi connectivity index (χ0) is 9.52. The highest BCUT2D eigenvalue weighted by Gasteiger charge is 2.16. The maximum Gasteiger partial charge on any atom is 0.0462 e. The summed E-state index contributed by atoms with van der Waals surface area (Å²) in [5, 5.41) is 3.59. The van der Waals surface area contributed by atoms with Crippen LogP contribution >= 0.6 is 0 Å². The van der Waals surface area contributed by atoms with Crippen molar-refractivity contribution in [3.63, 3.8) is 0 Å². The standard InChI is InChI=1S/C11H23NO/c1-10-6-7-12-11(9-10)5-3-4-8-13-2/h10-12H,3-9H2,1-2H3. The first kappa shape index (κ1) is 11.0. The summed E-state index contributed by atoms with van der Waals surface area (Å²) >= 11 is 0. The van der Waals surface area contributed by atoms with Gasteiger partial charge in [-0.25, -0.2) is 0 Å². The van der Waals surface area contributed by atoms with E-state index >= 15 is 0 Å². The van der Waals surface area contributed by atoms with Gasteiger partial charge in [0.1, 0.15) is 0 Å². The highest BCUT2D eigenvalue weighted by Crippen LogP contribution is 2.18. The van der Waals surface area contributed by atoms with Gasteiger partial charge in [0.2, 0.25) is 0 Å². The quantitative estimate of drug-likeness (QED) is 0.663. The van der Waals surface area contributed by atoms with Gasteiger partial charge in [0.15, 0.2) is 0 Å². The minimum atomic E-state index is 0.778. The van der Waals surface area contributed by atoms with Gasteiger partial charge in [-0.3, -0.25) is 0 Å². The molecule has 1 rings (SSSR count). The van der Waals surface area contributed by atoms with Crippen LogP contribution in [0.3, 0.4) is 0 Å². The lowest BCUT2D eigenvalue weighted by molar-refractivity contribution is 0.189. The first-order chi connectivity index (χ1) is 6.33. The third-order valence-corrected chi connectivity index (χ3v) is 2.91. The molecule has 0 aromatic heterocycles. The number of methoxy groups -OCH3 is 1.